The molecule has 0 aliphatic rings. The van der Waals surface area contributed by atoms with Crippen molar-refractivity contribution >= 4 is 5.91 Å². The first-order valence-electron chi connectivity index (χ1n) is 6.49. The first-order valence-corrected chi connectivity index (χ1v) is 6.49. The van der Waals surface area contributed by atoms with E-state index < -0.39 is 12.1 Å². The Morgan fingerprint density at radius 1 is 1.00 bits per heavy atom. The summed E-state index contributed by atoms with van der Waals surface area (Å²) in [6.07, 6.45) is 0. The van der Waals surface area contributed by atoms with Crippen LogP contribution < -0.4 is 11.1 Å². The van der Waals surface area contributed by atoms with E-state index in [9.17, 15) is 9.90 Å². The zero-order chi connectivity index (χ0) is 14.4. The van der Waals surface area contributed by atoms with Crippen LogP contribution in [0.25, 0.3) is 0 Å². The van der Waals surface area contributed by atoms with Gasteiger partial charge in [-0.1, -0.05) is 60.7 Å². The van der Waals surface area contributed by atoms with Crippen LogP contribution in [0, 0.1) is 0 Å². The predicted molar refractivity (Wildman–Crippen MR) is 77.8 cm³/mol. The molecule has 0 spiro atoms. The number of aliphatic hydroxyl groups is 1. The van der Waals surface area contributed by atoms with Gasteiger partial charge in [-0.2, -0.15) is 0 Å². The highest BCUT2D eigenvalue weighted by atomic mass is 16.3. The lowest BCUT2D eigenvalue weighted by molar-refractivity contribution is -0.123. The van der Waals surface area contributed by atoms with Gasteiger partial charge in [0.15, 0.2) is 0 Å². The van der Waals surface area contributed by atoms with E-state index in [0.29, 0.717) is 0 Å². The standard InChI is InChI=1S/C16H18N2O2/c17-15(13-9-5-2-6-10-13)16(20)18-14(11-19)12-7-3-1-4-8-12/h1-10,14-15,19H,11,17H2,(H,18,20). The van der Waals surface area contributed by atoms with E-state index in [4.69, 9.17) is 5.73 Å². The van der Waals surface area contributed by atoms with Gasteiger partial charge < -0.3 is 16.2 Å². The summed E-state index contributed by atoms with van der Waals surface area (Å²) in [4.78, 5) is 12.1. The van der Waals surface area contributed by atoms with E-state index in [1.807, 2.05) is 48.5 Å². The fourth-order valence-corrected chi connectivity index (χ4v) is 1.99. The Labute approximate surface area is 118 Å². The second-order valence-corrected chi connectivity index (χ2v) is 4.54. The molecule has 2 aromatic rings. The van der Waals surface area contributed by atoms with Crippen LogP contribution in [0.2, 0.25) is 0 Å². The number of nitrogens with two attached hydrogens (primary N) is 1. The second kappa shape index (κ2) is 6.84. The summed E-state index contributed by atoms with van der Waals surface area (Å²) in [5, 5.41) is 12.2. The Morgan fingerprint density at radius 3 is 2.00 bits per heavy atom. The minimum absolute atomic E-state index is 0.169. The van der Waals surface area contributed by atoms with Crippen molar-refractivity contribution in [2.24, 2.45) is 5.73 Å². The lowest BCUT2D eigenvalue weighted by atomic mass is 10.0. The molecule has 20 heavy (non-hydrogen) atoms. The van der Waals surface area contributed by atoms with E-state index in [1.54, 1.807) is 12.1 Å². The number of amides is 1. The Balaban J connectivity index is 2.06. The van der Waals surface area contributed by atoms with E-state index in [0.717, 1.165) is 11.1 Å². The Morgan fingerprint density at radius 2 is 1.50 bits per heavy atom. The molecule has 4 nitrogen and oxygen atoms in total. The molecule has 4 heteroatoms. The zero-order valence-electron chi connectivity index (χ0n) is 11.1. The van der Waals surface area contributed by atoms with Gasteiger partial charge in [-0.05, 0) is 11.1 Å². The summed E-state index contributed by atoms with van der Waals surface area (Å²) in [5.41, 5.74) is 7.52. The van der Waals surface area contributed by atoms with Gasteiger partial charge in [-0.25, -0.2) is 0 Å². The number of rotatable bonds is 5. The van der Waals surface area contributed by atoms with Gasteiger partial charge in [0.05, 0.1) is 12.6 Å². The highest BCUT2D eigenvalue weighted by Gasteiger charge is 2.19. The molecule has 0 aliphatic heterocycles. The summed E-state index contributed by atoms with van der Waals surface area (Å²) in [6.45, 7) is -0.169. The molecule has 0 bridgehead atoms. The number of aliphatic hydroxyl groups excluding tert-OH is 1. The smallest absolute Gasteiger partial charge is 0.242 e. The van der Waals surface area contributed by atoms with Crippen molar-refractivity contribution in [2.75, 3.05) is 6.61 Å². The third kappa shape index (κ3) is 3.44. The molecule has 0 heterocycles. The molecule has 2 atom stereocenters. The molecule has 0 aromatic heterocycles. The number of carbonyl (C=O) groups is 1. The third-order valence-electron chi connectivity index (χ3n) is 3.14. The van der Waals surface area contributed by atoms with Gasteiger partial charge in [-0.3, -0.25) is 4.79 Å². The average Bonchev–Trinajstić information content (AvgIpc) is 2.53. The van der Waals surface area contributed by atoms with Crippen molar-refractivity contribution in [3.05, 3.63) is 71.8 Å². The lowest BCUT2D eigenvalue weighted by Gasteiger charge is -2.19. The van der Waals surface area contributed by atoms with Gasteiger partial charge in [0.2, 0.25) is 5.91 Å². The molecule has 0 fully saturated rings. The molecule has 0 saturated carbocycles. The van der Waals surface area contributed by atoms with E-state index in [1.165, 1.54) is 0 Å². The van der Waals surface area contributed by atoms with Crippen LogP contribution in [0.5, 0.6) is 0 Å². The summed E-state index contributed by atoms with van der Waals surface area (Å²) in [5.74, 6) is -0.306. The number of benzene rings is 2. The zero-order valence-corrected chi connectivity index (χ0v) is 11.1. The van der Waals surface area contributed by atoms with Gasteiger partial charge in [-0.15, -0.1) is 0 Å². The van der Waals surface area contributed by atoms with Crippen LogP contribution >= 0.6 is 0 Å². The molecular formula is C16H18N2O2. The minimum Gasteiger partial charge on any atom is -0.394 e. The molecule has 4 N–H and O–H groups in total. The maximum absolute atomic E-state index is 12.1. The maximum atomic E-state index is 12.1. The van der Waals surface area contributed by atoms with Gasteiger partial charge in [0.1, 0.15) is 6.04 Å². The monoisotopic (exact) mass is 270 g/mol. The van der Waals surface area contributed by atoms with E-state index >= 15 is 0 Å². The Bertz CT molecular complexity index is 543. The number of hydrogen-bond donors (Lipinski definition) is 3. The van der Waals surface area contributed by atoms with Gasteiger partial charge in [0, 0.05) is 0 Å². The second-order valence-electron chi connectivity index (χ2n) is 4.54. The van der Waals surface area contributed by atoms with Crippen LogP contribution in [0.1, 0.15) is 23.2 Å². The van der Waals surface area contributed by atoms with Crippen LogP contribution in [-0.4, -0.2) is 17.6 Å². The molecular weight excluding hydrogens is 252 g/mol. The van der Waals surface area contributed by atoms with Crippen molar-refractivity contribution < 1.29 is 9.90 Å². The van der Waals surface area contributed by atoms with E-state index in [-0.39, 0.29) is 12.5 Å². The molecule has 0 radical (unpaired) electrons. The van der Waals surface area contributed by atoms with Crippen molar-refractivity contribution in [3.63, 3.8) is 0 Å². The molecule has 2 rings (SSSR count). The Hall–Kier alpha value is -2.17. The normalized spacial score (nSPS) is 13.5. The largest absolute Gasteiger partial charge is 0.394 e. The number of hydrogen-bond acceptors (Lipinski definition) is 3. The summed E-state index contributed by atoms with van der Waals surface area (Å²) in [6, 6.07) is 17.3. The van der Waals surface area contributed by atoms with Crippen LogP contribution in [0.4, 0.5) is 0 Å². The third-order valence-corrected chi connectivity index (χ3v) is 3.14. The lowest BCUT2D eigenvalue weighted by Crippen LogP contribution is -2.37. The molecule has 2 unspecified atom stereocenters. The molecule has 0 aliphatic carbocycles. The fraction of sp³-hybridized carbons (Fsp3) is 0.188. The SMILES string of the molecule is NC(C(=O)NC(CO)c1ccccc1)c1ccccc1. The molecule has 104 valence electrons. The predicted octanol–water partition coefficient (Wildman–Crippen LogP) is 1.54. The van der Waals surface area contributed by atoms with Crippen LogP contribution in [0.3, 0.4) is 0 Å². The summed E-state index contributed by atoms with van der Waals surface area (Å²) in [7, 11) is 0. The molecule has 2 aromatic carbocycles. The summed E-state index contributed by atoms with van der Waals surface area (Å²) >= 11 is 0. The highest BCUT2D eigenvalue weighted by molar-refractivity contribution is 5.83. The van der Waals surface area contributed by atoms with Crippen LogP contribution in [-0.2, 0) is 4.79 Å². The van der Waals surface area contributed by atoms with Crippen molar-refractivity contribution in [2.45, 2.75) is 12.1 Å². The first kappa shape index (κ1) is 14.2. The minimum atomic E-state index is -0.742. The topological polar surface area (TPSA) is 75.4 Å². The fourth-order valence-electron chi connectivity index (χ4n) is 1.99. The quantitative estimate of drug-likeness (QED) is 0.771. The van der Waals surface area contributed by atoms with Gasteiger partial charge >= 0.3 is 0 Å². The molecule has 0 saturated heterocycles. The maximum Gasteiger partial charge on any atom is 0.242 e. The number of nitrogens with one attached hydrogen (secondary N) is 1. The van der Waals surface area contributed by atoms with Crippen molar-refractivity contribution in [1.29, 1.82) is 0 Å². The van der Waals surface area contributed by atoms with Crippen LogP contribution in [0.15, 0.2) is 60.7 Å². The summed E-state index contributed by atoms with van der Waals surface area (Å²) < 4.78 is 0. The van der Waals surface area contributed by atoms with E-state index in [2.05, 4.69) is 5.32 Å². The van der Waals surface area contributed by atoms with Crippen molar-refractivity contribution in [1.82, 2.24) is 5.32 Å². The Kier molecular flexibility index (Phi) is 4.87. The van der Waals surface area contributed by atoms with Crippen molar-refractivity contribution in [3.8, 4) is 0 Å². The molecule has 1 amide bonds. The highest BCUT2D eigenvalue weighted by Crippen LogP contribution is 2.15. The average molecular weight is 270 g/mol. The number of carbonyl (C=O) groups excluding carboxylic acids is 1. The first-order chi connectivity index (χ1) is 9.72. The van der Waals surface area contributed by atoms with Gasteiger partial charge in [0.25, 0.3) is 0 Å².